The molecule has 0 aromatic carbocycles. The molecule has 3 aliphatic carbocycles. The Morgan fingerprint density at radius 1 is 1.12 bits per heavy atom. The molecule has 142 valence electrons. The van der Waals surface area contributed by atoms with Crippen LogP contribution in [0.2, 0.25) is 0 Å². The number of ether oxygens (including phenoxy) is 2. The van der Waals surface area contributed by atoms with Crippen molar-refractivity contribution >= 4 is 17.7 Å². The number of fused-ring (bicyclic) bond motifs is 4. The Morgan fingerprint density at radius 3 is 2.65 bits per heavy atom. The van der Waals surface area contributed by atoms with Crippen LogP contribution in [-0.4, -0.2) is 42.1 Å². The summed E-state index contributed by atoms with van der Waals surface area (Å²) in [4.78, 5) is 38.9. The third-order valence-electron chi connectivity index (χ3n) is 8.50. The summed E-state index contributed by atoms with van der Waals surface area (Å²) in [6, 6.07) is 0. The van der Waals surface area contributed by atoms with E-state index in [-0.39, 0.29) is 35.6 Å². The van der Waals surface area contributed by atoms with Crippen LogP contribution in [0.25, 0.3) is 0 Å². The zero-order valence-electron chi connectivity index (χ0n) is 15.3. The molecule has 26 heavy (non-hydrogen) atoms. The Kier molecular flexibility index (Phi) is 3.14. The largest absolute Gasteiger partial charge is 0.465 e. The number of esters is 2. The lowest BCUT2D eigenvalue weighted by atomic mass is 9.44. The van der Waals surface area contributed by atoms with Gasteiger partial charge in [0, 0.05) is 22.7 Å². The van der Waals surface area contributed by atoms with E-state index in [1.54, 1.807) is 0 Å². The lowest BCUT2D eigenvalue weighted by Gasteiger charge is -2.59. The van der Waals surface area contributed by atoms with E-state index in [2.05, 4.69) is 6.92 Å². The lowest BCUT2D eigenvalue weighted by molar-refractivity contribution is -0.225. The van der Waals surface area contributed by atoms with Crippen LogP contribution >= 0.6 is 0 Å². The van der Waals surface area contributed by atoms with Gasteiger partial charge in [-0.05, 0) is 31.6 Å². The molecule has 3 saturated carbocycles. The van der Waals surface area contributed by atoms with Gasteiger partial charge in [0.05, 0.1) is 25.2 Å². The van der Waals surface area contributed by atoms with Gasteiger partial charge in [-0.25, -0.2) is 0 Å². The second-order valence-corrected chi connectivity index (χ2v) is 9.73. The second-order valence-electron chi connectivity index (χ2n) is 9.73. The number of hydrogen-bond acceptors (Lipinski definition) is 6. The van der Waals surface area contributed by atoms with E-state index >= 15 is 0 Å². The first kappa shape index (κ1) is 16.7. The first-order valence-corrected chi connectivity index (χ1v) is 9.82. The fraction of sp³-hybridized carbons (Fsp3) is 0.850. The van der Waals surface area contributed by atoms with Crippen molar-refractivity contribution in [3.8, 4) is 0 Å². The van der Waals surface area contributed by atoms with Crippen LogP contribution in [0.5, 0.6) is 0 Å². The maximum atomic E-state index is 13.3. The van der Waals surface area contributed by atoms with Crippen molar-refractivity contribution in [3.63, 3.8) is 0 Å². The smallest absolute Gasteiger partial charge is 0.320 e. The molecular formula is C20H26O6. The van der Waals surface area contributed by atoms with Crippen molar-refractivity contribution < 1.29 is 29.0 Å². The number of carbonyl (C=O) groups excluding carboxylic acids is 3. The van der Waals surface area contributed by atoms with E-state index in [1.165, 1.54) is 0 Å². The number of ketones is 1. The number of carbonyl (C=O) groups is 3. The Bertz CT molecular complexity index is 717. The fourth-order valence-electron chi connectivity index (χ4n) is 7.55. The molecule has 5 rings (SSSR count). The first-order chi connectivity index (χ1) is 12.3. The number of aliphatic hydroxyl groups excluding tert-OH is 1. The second kappa shape index (κ2) is 4.89. The predicted octanol–water partition coefficient (Wildman–Crippen LogP) is 1.49. The van der Waals surface area contributed by atoms with E-state index in [0.717, 1.165) is 12.8 Å². The minimum absolute atomic E-state index is 0.0157. The summed E-state index contributed by atoms with van der Waals surface area (Å²) in [5.41, 5.74) is -2.29. The molecule has 2 bridgehead atoms. The molecule has 2 spiro atoms. The van der Waals surface area contributed by atoms with Crippen molar-refractivity contribution in [2.45, 2.75) is 52.1 Å². The van der Waals surface area contributed by atoms with E-state index in [9.17, 15) is 19.5 Å². The molecule has 0 unspecified atom stereocenters. The zero-order chi connectivity index (χ0) is 18.5. The van der Waals surface area contributed by atoms with Gasteiger partial charge in [0.15, 0.2) is 5.78 Å². The summed E-state index contributed by atoms with van der Waals surface area (Å²) in [6.45, 7) is 4.40. The fourth-order valence-corrected chi connectivity index (χ4v) is 7.55. The Labute approximate surface area is 152 Å². The molecule has 0 amide bonds. The highest BCUT2D eigenvalue weighted by molar-refractivity contribution is 6.08. The van der Waals surface area contributed by atoms with Gasteiger partial charge in [0.2, 0.25) is 0 Å². The van der Waals surface area contributed by atoms with Gasteiger partial charge in [0.25, 0.3) is 0 Å². The number of cyclic esters (lactones) is 2. The van der Waals surface area contributed by atoms with Gasteiger partial charge in [-0.15, -0.1) is 0 Å². The molecule has 6 heteroatoms. The van der Waals surface area contributed by atoms with Crippen molar-refractivity contribution in [1.29, 1.82) is 0 Å². The summed E-state index contributed by atoms with van der Waals surface area (Å²) in [6.07, 6.45) is 2.66. The monoisotopic (exact) mass is 362 g/mol. The highest BCUT2D eigenvalue weighted by atomic mass is 16.5. The maximum absolute atomic E-state index is 13.3. The third-order valence-corrected chi connectivity index (χ3v) is 8.50. The SMILES string of the molecule is C[C@H]1C(=O)[C@]23C[C@H]1C[C@@H](O)[C@H]2[C@@]1(CCC[C@@]2(C)COC(=O)[C@H]21)COC3=O. The average Bonchev–Trinajstić information content (AvgIpc) is 3.01. The average molecular weight is 362 g/mol. The molecule has 2 aliphatic heterocycles. The standard InChI is InChI=1S/C20H26O6/c1-10-11-6-12(21)13-19(9-26-17(24)20(13,7-11)15(10)22)5-3-4-18(2)8-25-16(23)14(18)19/h10-14,21H,3-9H2,1-2H3/t10-,11-,12-,13+,14-,18+,19-,20+/m1/s1. The number of hydrogen-bond donors (Lipinski definition) is 1. The molecule has 0 radical (unpaired) electrons. The summed E-state index contributed by atoms with van der Waals surface area (Å²) < 4.78 is 11.1. The zero-order valence-corrected chi connectivity index (χ0v) is 15.3. The molecule has 5 fully saturated rings. The Morgan fingerprint density at radius 2 is 1.88 bits per heavy atom. The van der Waals surface area contributed by atoms with Crippen LogP contribution in [0.15, 0.2) is 0 Å². The Balaban J connectivity index is 1.70. The Hall–Kier alpha value is -1.43. The van der Waals surface area contributed by atoms with E-state index < -0.39 is 34.7 Å². The van der Waals surface area contributed by atoms with Gasteiger partial charge in [-0.1, -0.05) is 20.3 Å². The number of Topliss-reactive ketones (excluding diaryl/α,β-unsaturated/α-hetero) is 1. The molecule has 0 aromatic rings. The number of aliphatic hydroxyl groups is 1. The molecule has 1 N–H and O–H groups in total. The highest BCUT2D eigenvalue weighted by Crippen LogP contribution is 2.69. The van der Waals surface area contributed by atoms with E-state index in [4.69, 9.17) is 9.47 Å². The summed E-state index contributed by atoms with van der Waals surface area (Å²) in [7, 11) is 0. The maximum Gasteiger partial charge on any atom is 0.320 e. The van der Waals surface area contributed by atoms with Gasteiger partial charge >= 0.3 is 11.9 Å². The van der Waals surface area contributed by atoms with Gasteiger partial charge < -0.3 is 14.6 Å². The van der Waals surface area contributed by atoms with E-state index in [1.807, 2.05) is 6.92 Å². The van der Waals surface area contributed by atoms with Gasteiger partial charge in [0.1, 0.15) is 5.41 Å². The van der Waals surface area contributed by atoms with Crippen LogP contribution in [0.3, 0.4) is 0 Å². The molecular weight excluding hydrogens is 336 g/mol. The van der Waals surface area contributed by atoms with Crippen molar-refractivity contribution in [2.75, 3.05) is 13.2 Å². The van der Waals surface area contributed by atoms with Gasteiger partial charge in [-0.2, -0.15) is 0 Å². The minimum Gasteiger partial charge on any atom is -0.465 e. The summed E-state index contributed by atoms with van der Waals surface area (Å²) in [5, 5.41) is 11.1. The normalized spacial score (nSPS) is 55.3. The van der Waals surface area contributed by atoms with Crippen LogP contribution < -0.4 is 0 Å². The molecule has 0 aromatic heterocycles. The van der Waals surface area contributed by atoms with Crippen LogP contribution in [-0.2, 0) is 23.9 Å². The summed E-state index contributed by atoms with van der Waals surface area (Å²) >= 11 is 0. The molecule has 2 saturated heterocycles. The quantitative estimate of drug-likeness (QED) is 0.519. The van der Waals surface area contributed by atoms with E-state index in [0.29, 0.717) is 25.9 Å². The topological polar surface area (TPSA) is 89.9 Å². The minimum atomic E-state index is -1.28. The van der Waals surface area contributed by atoms with Crippen molar-refractivity contribution in [3.05, 3.63) is 0 Å². The molecule has 8 atom stereocenters. The van der Waals surface area contributed by atoms with Crippen LogP contribution in [0, 0.1) is 39.9 Å². The first-order valence-electron chi connectivity index (χ1n) is 9.82. The molecule has 6 nitrogen and oxygen atoms in total. The molecule has 5 aliphatic rings. The highest BCUT2D eigenvalue weighted by Gasteiger charge is 2.76. The van der Waals surface area contributed by atoms with Crippen LogP contribution in [0.4, 0.5) is 0 Å². The van der Waals surface area contributed by atoms with Crippen molar-refractivity contribution in [1.82, 2.24) is 0 Å². The lowest BCUT2D eigenvalue weighted by Crippen LogP contribution is -2.67. The van der Waals surface area contributed by atoms with Crippen molar-refractivity contribution in [2.24, 2.45) is 39.9 Å². The summed E-state index contributed by atoms with van der Waals surface area (Å²) in [5.74, 6) is -2.02. The molecule has 2 heterocycles. The number of rotatable bonds is 0. The van der Waals surface area contributed by atoms with Gasteiger partial charge in [-0.3, -0.25) is 14.4 Å². The van der Waals surface area contributed by atoms with Crippen LogP contribution in [0.1, 0.15) is 46.0 Å². The predicted molar refractivity (Wildman–Crippen MR) is 88.6 cm³/mol. The third kappa shape index (κ3) is 1.66.